The molecule has 2 heterocycles. The topological polar surface area (TPSA) is 62.3 Å². The SMILES string of the molecule is COC[C@H](C)N1C[C@@H](c2ccccc2)N(C2CCN(C(=O)OC(C)(C)C)CC2)C1=O. The van der Waals surface area contributed by atoms with Crippen molar-refractivity contribution < 1.29 is 19.1 Å². The maximum absolute atomic E-state index is 13.4. The van der Waals surface area contributed by atoms with E-state index in [-0.39, 0.29) is 30.2 Å². The second-order valence-electron chi connectivity index (χ2n) is 9.27. The van der Waals surface area contributed by atoms with Crippen LogP contribution in [0, 0.1) is 0 Å². The number of methoxy groups -OCH3 is 1. The van der Waals surface area contributed by atoms with Gasteiger partial charge in [-0.05, 0) is 46.1 Å². The summed E-state index contributed by atoms with van der Waals surface area (Å²) in [6.45, 7) is 10.0. The van der Waals surface area contributed by atoms with Crippen LogP contribution in [0.4, 0.5) is 9.59 Å². The molecule has 3 amide bonds. The largest absolute Gasteiger partial charge is 0.444 e. The number of ether oxygens (including phenoxy) is 2. The molecule has 1 aromatic carbocycles. The molecule has 166 valence electrons. The average molecular weight is 418 g/mol. The number of carbonyl (C=O) groups is 2. The number of likely N-dealkylation sites (tertiary alicyclic amines) is 1. The van der Waals surface area contributed by atoms with Crippen molar-refractivity contribution in [2.24, 2.45) is 0 Å². The molecule has 2 aliphatic rings. The van der Waals surface area contributed by atoms with E-state index in [4.69, 9.17) is 9.47 Å². The van der Waals surface area contributed by atoms with Crippen LogP contribution >= 0.6 is 0 Å². The zero-order valence-electron chi connectivity index (χ0n) is 18.8. The van der Waals surface area contributed by atoms with Gasteiger partial charge in [0.25, 0.3) is 0 Å². The minimum atomic E-state index is -0.505. The average Bonchev–Trinajstić information content (AvgIpc) is 3.05. The van der Waals surface area contributed by atoms with Gasteiger partial charge in [0, 0.05) is 32.8 Å². The molecule has 0 saturated carbocycles. The van der Waals surface area contributed by atoms with Crippen LogP contribution in [0.5, 0.6) is 0 Å². The third-order valence-corrected chi connectivity index (χ3v) is 5.81. The Balaban J connectivity index is 1.73. The first-order valence-electron chi connectivity index (χ1n) is 10.8. The number of amides is 3. The van der Waals surface area contributed by atoms with Gasteiger partial charge >= 0.3 is 12.1 Å². The number of nitrogens with zero attached hydrogens (tertiary/aromatic N) is 3. The molecule has 1 aromatic rings. The lowest BCUT2D eigenvalue weighted by Gasteiger charge is -2.39. The lowest BCUT2D eigenvalue weighted by molar-refractivity contribution is 0.0157. The number of carbonyl (C=O) groups excluding carboxylic acids is 2. The van der Waals surface area contributed by atoms with Gasteiger partial charge in [-0.15, -0.1) is 0 Å². The van der Waals surface area contributed by atoms with Crippen LogP contribution in [0.3, 0.4) is 0 Å². The van der Waals surface area contributed by atoms with Gasteiger partial charge in [-0.1, -0.05) is 30.3 Å². The zero-order chi connectivity index (χ0) is 21.9. The minimum Gasteiger partial charge on any atom is -0.444 e. The van der Waals surface area contributed by atoms with E-state index >= 15 is 0 Å². The molecule has 2 aliphatic heterocycles. The maximum atomic E-state index is 13.4. The summed E-state index contributed by atoms with van der Waals surface area (Å²) in [5.74, 6) is 0. The molecule has 0 bridgehead atoms. The summed E-state index contributed by atoms with van der Waals surface area (Å²) < 4.78 is 10.8. The Hall–Kier alpha value is -2.28. The van der Waals surface area contributed by atoms with Crippen LogP contribution in [-0.2, 0) is 9.47 Å². The van der Waals surface area contributed by atoms with Gasteiger partial charge in [-0.3, -0.25) is 0 Å². The Bertz CT molecular complexity index is 726. The molecular weight excluding hydrogens is 382 g/mol. The molecule has 2 atom stereocenters. The molecule has 0 aliphatic carbocycles. The van der Waals surface area contributed by atoms with Crippen molar-refractivity contribution in [3.63, 3.8) is 0 Å². The van der Waals surface area contributed by atoms with Crippen LogP contribution in [0.25, 0.3) is 0 Å². The molecule has 0 radical (unpaired) electrons. The molecular formula is C23H35N3O4. The fraction of sp³-hybridized carbons (Fsp3) is 0.652. The summed E-state index contributed by atoms with van der Waals surface area (Å²) in [7, 11) is 1.66. The standard InChI is InChI=1S/C23H35N3O4/c1-17(16-29-5)25-15-20(18-9-7-6-8-10-18)26(21(25)27)19-11-13-24(14-12-19)22(28)30-23(2,3)4/h6-10,17,19-20H,11-16H2,1-5H3/t17-,20-/m0/s1. The van der Waals surface area contributed by atoms with E-state index < -0.39 is 5.60 Å². The van der Waals surface area contributed by atoms with Crippen LogP contribution in [0.2, 0.25) is 0 Å². The Morgan fingerprint density at radius 3 is 2.37 bits per heavy atom. The maximum Gasteiger partial charge on any atom is 0.410 e. The van der Waals surface area contributed by atoms with Crippen molar-refractivity contribution in [2.45, 2.75) is 64.3 Å². The molecule has 2 fully saturated rings. The van der Waals surface area contributed by atoms with Crippen LogP contribution in [0.1, 0.15) is 52.1 Å². The highest BCUT2D eigenvalue weighted by molar-refractivity contribution is 5.78. The molecule has 0 unspecified atom stereocenters. The van der Waals surface area contributed by atoms with E-state index in [0.717, 1.165) is 18.4 Å². The van der Waals surface area contributed by atoms with E-state index in [9.17, 15) is 9.59 Å². The highest BCUT2D eigenvalue weighted by Crippen LogP contribution is 2.35. The van der Waals surface area contributed by atoms with Gasteiger partial charge in [-0.2, -0.15) is 0 Å². The van der Waals surface area contributed by atoms with Gasteiger partial charge in [0.2, 0.25) is 0 Å². The number of hydrogen-bond acceptors (Lipinski definition) is 4. The number of urea groups is 1. The van der Waals surface area contributed by atoms with Crippen LogP contribution in [-0.4, -0.2) is 77.9 Å². The molecule has 7 nitrogen and oxygen atoms in total. The second kappa shape index (κ2) is 9.25. The van der Waals surface area contributed by atoms with Crippen molar-refractivity contribution in [2.75, 3.05) is 33.4 Å². The van der Waals surface area contributed by atoms with Gasteiger partial charge < -0.3 is 24.2 Å². The highest BCUT2D eigenvalue weighted by Gasteiger charge is 2.44. The Morgan fingerprint density at radius 1 is 1.17 bits per heavy atom. The molecule has 0 spiro atoms. The van der Waals surface area contributed by atoms with Gasteiger partial charge in [0.1, 0.15) is 5.60 Å². The first kappa shape index (κ1) is 22.4. The van der Waals surface area contributed by atoms with Crippen molar-refractivity contribution >= 4 is 12.1 Å². The van der Waals surface area contributed by atoms with E-state index in [2.05, 4.69) is 12.1 Å². The summed E-state index contributed by atoms with van der Waals surface area (Å²) in [6.07, 6.45) is 1.23. The third kappa shape index (κ3) is 5.06. The van der Waals surface area contributed by atoms with E-state index in [1.807, 2.05) is 55.7 Å². The first-order valence-corrected chi connectivity index (χ1v) is 10.8. The normalized spacial score (nSPS) is 21.8. The van der Waals surface area contributed by atoms with Crippen LogP contribution in [0.15, 0.2) is 30.3 Å². The Labute approximate surface area is 179 Å². The fourth-order valence-corrected chi connectivity index (χ4v) is 4.34. The lowest BCUT2D eigenvalue weighted by Crippen LogP contribution is -2.50. The Kier molecular flexibility index (Phi) is 6.91. The second-order valence-corrected chi connectivity index (χ2v) is 9.27. The molecule has 7 heteroatoms. The lowest BCUT2D eigenvalue weighted by atomic mass is 9.99. The predicted octanol–water partition coefficient (Wildman–Crippen LogP) is 3.90. The van der Waals surface area contributed by atoms with Gasteiger partial charge in [0.05, 0.1) is 18.7 Å². The van der Waals surface area contributed by atoms with Crippen molar-refractivity contribution in [3.05, 3.63) is 35.9 Å². The predicted molar refractivity (Wildman–Crippen MR) is 115 cm³/mol. The fourth-order valence-electron chi connectivity index (χ4n) is 4.34. The van der Waals surface area contributed by atoms with Crippen molar-refractivity contribution in [1.82, 2.24) is 14.7 Å². The quantitative estimate of drug-likeness (QED) is 0.729. The molecule has 2 saturated heterocycles. The van der Waals surface area contributed by atoms with Crippen molar-refractivity contribution in [3.8, 4) is 0 Å². The van der Waals surface area contributed by atoms with E-state index in [1.54, 1.807) is 12.0 Å². The molecule has 3 rings (SSSR count). The highest BCUT2D eigenvalue weighted by atomic mass is 16.6. The summed E-state index contributed by atoms with van der Waals surface area (Å²) in [6, 6.07) is 10.4. The number of piperidine rings is 1. The van der Waals surface area contributed by atoms with Gasteiger partial charge in [-0.25, -0.2) is 9.59 Å². The van der Waals surface area contributed by atoms with Gasteiger partial charge in [0.15, 0.2) is 0 Å². The van der Waals surface area contributed by atoms with E-state index in [1.165, 1.54) is 0 Å². The first-order chi connectivity index (χ1) is 14.2. The number of hydrogen-bond donors (Lipinski definition) is 0. The summed E-state index contributed by atoms with van der Waals surface area (Å²) in [5, 5.41) is 0. The number of rotatable bonds is 5. The Morgan fingerprint density at radius 2 is 1.80 bits per heavy atom. The summed E-state index contributed by atoms with van der Waals surface area (Å²) in [5.41, 5.74) is 0.641. The number of benzene rings is 1. The molecule has 0 aromatic heterocycles. The monoisotopic (exact) mass is 417 g/mol. The molecule has 30 heavy (non-hydrogen) atoms. The molecule has 0 N–H and O–H groups in total. The minimum absolute atomic E-state index is 0.0103. The zero-order valence-corrected chi connectivity index (χ0v) is 18.8. The summed E-state index contributed by atoms with van der Waals surface area (Å²) >= 11 is 0. The van der Waals surface area contributed by atoms with Crippen LogP contribution < -0.4 is 0 Å². The summed E-state index contributed by atoms with van der Waals surface area (Å²) in [4.78, 5) is 31.5. The smallest absolute Gasteiger partial charge is 0.410 e. The third-order valence-electron chi connectivity index (χ3n) is 5.81. The van der Waals surface area contributed by atoms with Crippen molar-refractivity contribution in [1.29, 1.82) is 0 Å². The van der Waals surface area contributed by atoms with E-state index in [0.29, 0.717) is 26.2 Å².